The number of benzene rings is 1. The van der Waals surface area contributed by atoms with Crippen LogP contribution in [0.15, 0.2) is 36.4 Å². The number of hydrogen-bond acceptors (Lipinski definition) is 4. The number of hydrogen-bond donors (Lipinski definition) is 3. The van der Waals surface area contributed by atoms with Crippen molar-refractivity contribution in [2.75, 3.05) is 13.2 Å². The summed E-state index contributed by atoms with van der Waals surface area (Å²) in [7, 11) is 0. The zero-order valence-electron chi connectivity index (χ0n) is 9.07. The zero-order chi connectivity index (χ0) is 11.8. The lowest BCUT2D eigenvalue weighted by atomic mass is 10.0. The first kappa shape index (κ1) is 13.1. The minimum Gasteiger partial charge on any atom is -0.394 e. The molecule has 16 heavy (non-hydrogen) atoms. The molecule has 4 nitrogen and oxygen atoms in total. The highest BCUT2D eigenvalue weighted by Crippen LogP contribution is 2.13. The van der Waals surface area contributed by atoms with Crippen LogP contribution in [-0.4, -0.2) is 46.8 Å². The van der Waals surface area contributed by atoms with Crippen molar-refractivity contribution in [3.63, 3.8) is 0 Å². The van der Waals surface area contributed by atoms with Crippen LogP contribution in [0.4, 0.5) is 0 Å². The van der Waals surface area contributed by atoms with Gasteiger partial charge >= 0.3 is 0 Å². The summed E-state index contributed by atoms with van der Waals surface area (Å²) in [6.45, 7) is 0.168. The van der Waals surface area contributed by atoms with Gasteiger partial charge in [0.1, 0.15) is 12.2 Å². The predicted molar refractivity (Wildman–Crippen MR) is 59.9 cm³/mol. The van der Waals surface area contributed by atoms with Crippen LogP contribution in [0, 0.1) is 0 Å². The van der Waals surface area contributed by atoms with Gasteiger partial charge in [-0.25, -0.2) is 0 Å². The summed E-state index contributed by atoms with van der Waals surface area (Å²) in [5.41, 5.74) is 0. The van der Waals surface area contributed by atoms with Crippen LogP contribution in [0.5, 0.6) is 0 Å². The van der Waals surface area contributed by atoms with Gasteiger partial charge in [-0.2, -0.15) is 0 Å². The molecule has 0 saturated carbocycles. The van der Waals surface area contributed by atoms with E-state index >= 15 is 0 Å². The lowest BCUT2D eigenvalue weighted by molar-refractivity contribution is -0.147. The van der Waals surface area contributed by atoms with Crippen LogP contribution >= 0.6 is 0 Å². The van der Waals surface area contributed by atoms with Crippen LogP contribution in [0.25, 0.3) is 0 Å². The molecule has 1 aliphatic rings. The average molecular weight is 226 g/mol. The van der Waals surface area contributed by atoms with E-state index in [0.29, 0.717) is 13.0 Å². The van der Waals surface area contributed by atoms with Gasteiger partial charge in [0, 0.05) is 6.61 Å². The second-order valence-corrected chi connectivity index (χ2v) is 3.59. The molecule has 0 amide bonds. The number of aliphatic hydroxyl groups excluding tert-OH is 3. The molecular formula is C12H18O4. The lowest BCUT2D eigenvalue weighted by Crippen LogP contribution is -2.46. The minimum atomic E-state index is -0.932. The Bertz CT molecular complexity index is 238. The summed E-state index contributed by atoms with van der Waals surface area (Å²) >= 11 is 0. The summed E-state index contributed by atoms with van der Waals surface area (Å²) < 4.78 is 4.95. The predicted octanol–water partition coefficient (Wildman–Crippen LogP) is 0.176. The monoisotopic (exact) mass is 226 g/mol. The van der Waals surface area contributed by atoms with E-state index in [0.717, 1.165) is 0 Å². The van der Waals surface area contributed by atoms with Gasteiger partial charge in [0.05, 0.1) is 12.7 Å². The lowest BCUT2D eigenvalue weighted by Gasteiger charge is -2.30. The first-order valence-electron chi connectivity index (χ1n) is 5.34. The Hall–Kier alpha value is -0.940. The highest BCUT2D eigenvalue weighted by molar-refractivity contribution is 4.99. The quantitative estimate of drug-likeness (QED) is 0.638. The highest BCUT2D eigenvalue weighted by atomic mass is 16.5. The molecule has 90 valence electrons. The first-order valence-corrected chi connectivity index (χ1v) is 5.34. The van der Waals surface area contributed by atoms with E-state index in [9.17, 15) is 0 Å². The van der Waals surface area contributed by atoms with Crippen molar-refractivity contribution in [3.8, 4) is 0 Å². The SMILES string of the molecule is OCC1OCCC(O)C1O.c1ccccc1. The maximum Gasteiger partial charge on any atom is 0.109 e. The van der Waals surface area contributed by atoms with Crippen molar-refractivity contribution in [1.29, 1.82) is 0 Å². The first-order chi connectivity index (χ1) is 7.75. The Morgan fingerprint density at radius 2 is 1.50 bits per heavy atom. The summed E-state index contributed by atoms with van der Waals surface area (Å²) in [6, 6.07) is 12.0. The number of rotatable bonds is 1. The second kappa shape index (κ2) is 7.35. The summed E-state index contributed by atoms with van der Waals surface area (Å²) in [5.74, 6) is 0. The van der Waals surface area contributed by atoms with Crippen molar-refractivity contribution < 1.29 is 20.1 Å². The largest absolute Gasteiger partial charge is 0.394 e. The van der Waals surface area contributed by atoms with E-state index in [4.69, 9.17) is 20.1 Å². The molecule has 1 aromatic carbocycles. The summed E-state index contributed by atoms with van der Waals surface area (Å²) in [6.07, 6.45) is -1.84. The number of aliphatic hydroxyl groups is 3. The third kappa shape index (κ3) is 4.28. The fourth-order valence-corrected chi connectivity index (χ4v) is 1.40. The third-order valence-electron chi connectivity index (χ3n) is 2.37. The summed E-state index contributed by atoms with van der Waals surface area (Å²) in [4.78, 5) is 0. The molecule has 0 aliphatic carbocycles. The fourth-order valence-electron chi connectivity index (χ4n) is 1.40. The average Bonchev–Trinajstić information content (AvgIpc) is 2.36. The molecule has 3 N–H and O–H groups in total. The molecule has 0 aromatic heterocycles. The Morgan fingerprint density at radius 1 is 1.00 bits per heavy atom. The Morgan fingerprint density at radius 3 is 1.88 bits per heavy atom. The van der Waals surface area contributed by atoms with E-state index in [1.165, 1.54) is 0 Å². The minimum absolute atomic E-state index is 0.238. The van der Waals surface area contributed by atoms with Crippen LogP contribution in [-0.2, 0) is 4.74 Å². The van der Waals surface area contributed by atoms with E-state index < -0.39 is 18.3 Å². The normalized spacial score (nSPS) is 29.1. The van der Waals surface area contributed by atoms with E-state index in [2.05, 4.69) is 0 Å². The molecule has 0 spiro atoms. The zero-order valence-corrected chi connectivity index (χ0v) is 9.07. The van der Waals surface area contributed by atoms with Crippen LogP contribution in [0.3, 0.4) is 0 Å². The standard InChI is InChI=1S/C6H12O4.C6H6/c7-3-5-6(9)4(8)1-2-10-5;1-2-4-6-5-3-1/h4-9H,1-3H2;1-6H. The van der Waals surface area contributed by atoms with Crippen molar-refractivity contribution in [2.45, 2.75) is 24.7 Å². The number of ether oxygens (including phenoxy) is 1. The van der Waals surface area contributed by atoms with Gasteiger partial charge < -0.3 is 20.1 Å². The van der Waals surface area contributed by atoms with Gasteiger partial charge in [-0.3, -0.25) is 0 Å². The summed E-state index contributed by atoms with van der Waals surface area (Å²) in [5, 5.41) is 26.7. The maximum absolute atomic E-state index is 9.10. The van der Waals surface area contributed by atoms with Gasteiger partial charge in [0.2, 0.25) is 0 Å². The molecule has 1 heterocycles. The molecule has 1 saturated heterocycles. The van der Waals surface area contributed by atoms with Crippen molar-refractivity contribution >= 4 is 0 Å². The van der Waals surface area contributed by atoms with Gasteiger partial charge in [-0.1, -0.05) is 36.4 Å². The smallest absolute Gasteiger partial charge is 0.109 e. The Kier molecular flexibility index (Phi) is 6.03. The molecule has 1 aromatic rings. The third-order valence-corrected chi connectivity index (χ3v) is 2.37. The van der Waals surface area contributed by atoms with E-state index in [1.807, 2.05) is 36.4 Å². The molecule has 4 heteroatoms. The maximum atomic E-state index is 9.10. The highest BCUT2D eigenvalue weighted by Gasteiger charge is 2.30. The topological polar surface area (TPSA) is 69.9 Å². The van der Waals surface area contributed by atoms with Gasteiger partial charge in [-0.05, 0) is 6.42 Å². The van der Waals surface area contributed by atoms with Crippen LogP contribution in [0.1, 0.15) is 6.42 Å². The molecule has 3 atom stereocenters. The van der Waals surface area contributed by atoms with Crippen molar-refractivity contribution in [2.24, 2.45) is 0 Å². The van der Waals surface area contributed by atoms with Crippen molar-refractivity contribution in [3.05, 3.63) is 36.4 Å². The van der Waals surface area contributed by atoms with Gasteiger partial charge in [-0.15, -0.1) is 0 Å². The molecule has 0 bridgehead atoms. The van der Waals surface area contributed by atoms with Crippen molar-refractivity contribution in [1.82, 2.24) is 0 Å². The van der Waals surface area contributed by atoms with Crippen LogP contribution in [0.2, 0.25) is 0 Å². The second-order valence-electron chi connectivity index (χ2n) is 3.59. The molecule has 1 aliphatic heterocycles. The molecule has 2 rings (SSSR count). The Labute approximate surface area is 95.1 Å². The molecule has 0 radical (unpaired) electrons. The Balaban J connectivity index is 0.000000181. The molecular weight excluding hydrogens is 208 g/mol. The van der Waals surface area contributed by atoms with Gasteiger partial charge in [0.15, 0.2) is 0 Å². The fraction of sp³-hybridized carbons (Fsp3) is 0.500. The van der Waals surface area contributed by atoms with Crippen LogP contribution < -0.4 is 0 Å². The van der Waals surface area contributed by atoms with Gasteiger partial charge in [0.25, 0.3) is 0 Å². The molecule has 3 unspecified atom stereocenters. The molecule has 1 fully saturated rings. The van der Waals surface area contributed by atoms with E-state index in [1.54, 1.807) is 0 Å². The van der Waals surface area contributed by atoms with E-state index in [-0.39, 0.29) is 6.61 Å².